The number of hydrogen-bond acceptors (Lipinski definition) is 4. The summed E-state index contributed by atoms with van der Waals surface area (Å²) in [6.07, 6.45) is 11.3. The van der Waals surface area contributed by atoms with Crippen molar-refractivity contribution in [1.29, 1.82) is 0 Å². The highest BCUT2D eigenvalue weighted by Gasteiger charge is 2.52. The Morgan fingerprint density at radius 1 is 0.479 bits per heavy atom. The van der Waals surface area contributed by atoms with Crippen molar-refractivity contribution in [2.24, 2.45) is 0 Å². The average Bonchev–Trinajstić information content (AvgIpc) is 3.39. The van der Waals surface area contributed by atoms with Crippen molar-refractivity contribution in [1.82, 2.24) is 0 Å². The summed E-state index contributed by atoms with van der Waals surface area (Å²) >= 11 is 0. The molecule has 3 aromatic rings. The highest BCUT2D eigenvalue weighted by molar-refractivity contribution is 6.63. The van der Waals surface area contributed by atoms with Gasteiger partial charge in [0.2, 0.25) is 0 Å². The van der Waals surface area contributed by atoms with E-state index < -0.39 is 36.6 Å². The van der Waals surface area contributed by atoms with Gasteiger partial charge in [0, 0.05) is 24.0 Å². The van der Waals surface area contributed by atoms with E-state index in [0.717, 1.165) is 69.3 Å². The largest absolute Gasteiger partial charge is 0.494 e. The normalized spacial score (nSPS) is 19.0. The molecule has 5 rings (SSSR count). The Kier molecular flexibility index (Phi) is 11.1. The van der Waals surface area contributed by atoms with Crippen LogP contribution in [0.15, 0.2) is 36.4 Å². The lowest BCUT2D eigenvalue weighted by Gasteiger charge is -2.32. The molecule has 2 aliphatic rings. The van der Waals surface area contributed by atoms with Crippen LogP contribution in [0.2, 0.25) is 0 Å². The Bertz CT molecular complexity index is 1590. The number of unbranched alkanes of at least 4 members (excludes halogenated alkanes) is 8. The first-order valence-electron chi connectivity index (χ1n) is 18.4. The third kappa shape index (κ3) is 7.54. The molecule has 0 radical (unpaired) electrons. The summed E-state index contributed by atoms with van der Waals surface area (Å²) in [5, 5.41) is 4.39. The molecule has 2 saturated heterocycles. The number of fused-ring (bicyclic) bond motifs is 2. The van der Waals surface area contributed by atoms with E-state index in [2.05, 4.69) is 129 Å². The summed E-state index contributed by atoms with van der Waals surface area (Å²) in [7, 11) is -0.910. The molecular formula is C42H56B2O4. The zero-order valence-electron chi connectivity index (χ0n) is 31.3. The van der Waals surface area contributed by atoms with Crippen LogP contribution < -0.4 is 10.9 Å². The number of hydrogen-bond donors (Lipinski definition) is 0. The van der Waals surface area contributed by atoms with E-state index in [1.54, 1.807) is 0 Å². The van der Waals surface area contributed by atoms with Crippen LogP contribution in [0.4, 0.5) is 0 Å². The van der Waals surface area contributed by atoms with E-state index in [4.69, 9.17) is 18.6 Å². The Hall–Kier alpha value is -2.73. The predicted octanol–water partition coefficient (Wildman–Crippen LogP) is 9.24. The zero-order chi connectivity index (χ0) is 34.7. The molecule has 0 aliphatic carbocycles. The van der Waals surface area contributed by atoms with Crippen LogP contribution in [-0.2, 0) is 18.6 Å². The van der Waals surface area contributed by atoms with Crippen molar-refractivity contribution in [2.75, 3.05) is 0 Å². The fraction of sp³-hybridized carbons (Fsp3) is 0.571. The summed E-state index contributed by atoms with van der Waals surface area (Å²) in [5.41, 5.74) is 2.37. The van der Waals surface area contributed by atoms with Crippen LogP contribution in [0.5, 0.6) is 0 Å². The molecule has 3 aromatic carbocycles. The topological polar surface area (TPSA) is 36.9 Å². The number of benzene rings is 3. The predicted molar refractivity (Wildman–Crippen MR) is 204 cm³/mol. The van der Waals surface area contributed by atoms with E-state index in [-0.39, 0.29) is 0 Å². The van der Waals surface area contributed by atoms with Crippen molar-refractivity contribution in [3.63, 3.8) is 0 Å². The van der Waals surface area contributed by atoms with Gasteiger partial charge in [0.15, 0.2) is 0 Å². The fourth-order valence-electron chi connectivity index (χ4n) is 6.37. The van der Waals surface area contributed by atoms with Gasteiger partial charge in [0.05, 0.1) is 22.4 Å². The van der Waals surface area contributed by atoms with Crippen LogP contribution in [0.1, 0.15) is 145 Å². The molecule has 2 heterocycles. The minimum atomic E-state index is -0.455. The molecule has 4 nitrogen and oxygen atoms in total. The molecule has 0 bridgehead atoms. The van der Waals surface area contributed by atoms with Gasteiger partial charge in [0.1, 0.15) is 0 Å². The standard InChI is InChI=1S/C42H56B2O4/c1-11-13-15-17-19-21-23-33-35-27-25-32(44-47-41(7,8)42(9,10)48-44)30-38(35)34(24-22-20-18-16-14-12-2)36-28-26-31(29-37(33)36)43-45-39(3,4)40(5,6)46-43/h25-30H,11-20H2,1-10H3. The average molecular weight is 647 g/mol. The monoisotopic (exact) mass is 646 g/mol. The molecule has 6 heteroatoms. The second-order valence-electron chi connectivity index (χ2n) is 15.8. The first kappa shape index (κ1) is 36.5. The van der Waals surface area contributed by atoms with Gasteiger partial charge in [-0.2, -0.15) is 0 Å². The summed E-state index contributed by atoms with van der Waals surface area (Å²) in [6.45, 7) is 21.3. The Morgan fingerprint density at radius 2 is 0.833 bits per heavy atom. The first-order valence-corrected chi connectivity index (χ1v) is 18.4. The van der Waals surface area contributed by atoms with Crippen molar-refractivity contribution >= 4 is 46.7 Å². The van der Waals surface area contributed by atoms with E-state index in [1.807, 2.05) is 0 Å². The number of rotatable bonds is 10. The van der Waals surface area contributed by atoms with Gasteiger partial charge >= 0.3 is 14.2 Å². The Labute approximate surface area is 291 Å². The Balaban J connectivity index is 1.68. The lowest BCUT2D eigenvalue weighted by atomic mass is 9.75. The van der Waals surface area contributed by atoms with Gasteiger partial charge in [-0.05, 0) is 101 Å². The van der Waals surface area contributed by atoms with Crippen molar-refractivity contribution in [2.45, 2.75) is 156 Å². The lowest BCUT2D eigenvalue weighted by Crippen LogP contribution is -2.41. The van der Waals surface area contributed by atoms with E-state index in [0.29, 0.717) is 0 Å². The fourth-order valence-corrected chi connectivity index (χ4v) is 6.37. The summed E-state index contributed by atoms with van der Waals surface area (Å²) < 4.78 is 26.0. The second-order valence-corrected chi connectivity index (χ2v) is 15.8. The molecule has 0 amide bonds. The maximum Gasteiger partial charge on any atom is 0.494 e. The first-order chi connectivity index (χ1) is 22.7. The van der Waals surface area contributed by atoms with Crippen LogP contribution in [-0.4, -0.2) is 36.6 Å². The summed E-state index contributed by atoms with van der Waals surface area (Å²) in [6, 6.07) is 13.1. The molecule has 0 N–H and O–H groups in total. The summed E-state index contributed by atoms with van der Waals surface area (Å²) in [4.78, 5) is 0. The van der Waals surface area contributed by atoms with Gasteiger partial charge in [-0.1, -0.05) is 112 Å². The maximum absolute atomic E-state index is 6.50. The third-order valence-electron chi connectivity index (χ3n) is 11.0. The van der Waals surface area contributed by atoms with Gasteiger partial charge < -0.3 is 18.6 Å². The lowest BCUT2D eigenvalue weighted by molar-refractivity contribution is 0.00578. The summed E-state index contributed by atoms with van der Waals surface area (Å²) in [5.74, 6) is 14.4. The van der Waals surface area contributed by atoms with Gasteiger partial charge in [0.25, 0.3) is 0 Å². The van der Waals surface area contributed by atoms with Gasteiger partial charge in [-0.25, -0.2) is 0 Å². The smallest absolute Gasteiger partial charge is 0.399 e. The molecule has 2 aliphatic heterocycles. The second kappa shape index (κ2) is 14.6. The highest BCUT2D eigenvalue weighted by atomic mass is 16.7. The minimum absolute atomic E-state index is 0.421. The zero-order valence-corrected chi connectivity index (χ0v) is 31.3. The van der Waals surface area contributed by atoms with Crippen molar-refractivity contribution in [3.8, 4) is 23.7 Å². The van der Waals surface area contributed by atoms with Gasteiger partial charge in [-0.15, -0.1) is 0 Å². The molecule has 0 spiro atoms. The molecule has 0 saturated carbocycles. The molecular weight excluding hydrogens is 590 g/mol. The molecule has 48 heavy (non-hydrogen) atoms. The molecule has 0 atom stereocenters. The SMILES string of the molecule is CCCCCCC#Cc1c2ccc(B3OC(C)(C)C(C)(C)O3)cc2c(C#CCCCCCC)c2ccc(B3OC(C)(C)C(C)(C)O3)cc12. The van der Waals surface area contributed by atoms with E-state index in [1.165, 1.54) is 38.5 Å². The van der Waals surface area contributed by atoms with Crippen molar-refractivity contribution < 1.29 is 18.6 Å². The third-order valence-corrected chi connectivity index (χ3v) is 11.0. The maximum atomic E-state index is 6.50. The highest BCUT2D eigenvalue weighted by Crippen LogP contribution is 2.39. The molecule has 0 unspecified atom stereocenters. The molecule has 0 aromatic heterocycles. The van der Waals surface area contributed by atoms with Crippen LogP contribution in [0, 0.1) is 23.7 Å². The quantitative estimate of drug-likeness (QED) is 0.0953. The van der Waals surface area contributed by atoms with Crippen LogP contribution >= 0.6 is 0 Å². The van der Waals surface area contributed by atoms with E-state index in [9.17, 15) is 0 Å². The van der Waals surface area contributed by atoms with Crippen LogP contribution in [0.3, 0.4) is 0 Å². The molecule has 254 valence electrons. The van der Waals surface area contributed by atoms with E-state index >= 15 is 0 Å². The Morgan fingerprint density at radius 3 is 1.17 bits per heavy atom. The van der Waals surface area contributed by atoms with Crippen molar-refractivity contribution in [3.05, 3.63) is 47.5 Å². The molecule has 2 fully saturated rings. The minimum Gasteiger partial charge on any atom is -0.399 e. The van der Waals surface area contributed by atoms with Gasteiger partial charge in [-0.3, -0.25) is 0 Å². The van der Waals surface area contributed by atoms with Crippen LogP contribution in [0.25, 0.3) is 21.5 Å².